The molecule has 1 fully saturated rings. The highest BCUT2D eigenvalue weighted by atomic mass is 35.5. The number of hydrogen-bond donors (Lipinski definition) is 1. The maximum Gasteiger partial charge on any atom is 0.433 e. The van der Waals surface area contributed by atoms with Gasteiger partial charge in [0.1, 0.15) is 23.1 Å². The van der Waals surface area contributed by atoms with E-state index in [1.807, 2.05) is 11.8 Å². The normalized spacial score (nSPS) is 17.2. The van der Waals surface area contributed by atoms with E-state index >= 15 is 0 Å². The van der Waals surface area contributed by atoms with Crippen molar-refractivity contribution in [1.82, 2.24) is 9.97 Å². The topological polar surface area (TPSA) is 119 Å². The number of carbonyl (C=O) groups excluding carboxylic acids is 1. The number of nitrogens with zero attached hydrogens (tertiary/aromatic N) is 5. The molecule has 1 saturated heterocycles. The molecular formula is C27H28ClF4N6O3S-. The number of primary amides is 1. The van der Waals surface area contributed by atoms with Crippen molar-refractivity contribution in [3.05, 3.63) is 76.3 Å². The van der Waals surface area contributed by atoms with Crippen LogP contribution < -0.4 is 19.8 Å². The lowest BCUT2D eigenvalue weighted by molar-refractivity contribution is -0.141. The molecule has 2 N–H and O–H groups in total. The monoisotopic (exact) mass is 627 g/mol. The fourth-order valence-corrected chi connectivity index (χ4v) is 5.55. The van der Waals surface area contributed by atoms with Crippen LogP contribution in [0.25, 0.3) is 0 Å². The van der Waals surface area contributed by atoms with Crippen molar-refractivity contribution in [3.63, 3.8) is 0 Å². The van der Waals surface area contributed by atoms with Gasteiger partial charge in [0.05, 0.1) is 16.6 Å². The third-order valence-corrected chi connectivity index (χ3v) is 8.11. The quantitative estimate of drug-likeness (QED) is 0.275. The summed E-state index contributed by atoms with van der Waals surface area (Å²) in [6.45, 7) is 3.04. The first kappa shape index (κ1) is 31.4. The predicted molar refractivity (Wildman–Crippen MR) is 151 cm³/mol. The van der Waals surface area contributed by atoms with Crippen LogP contribution in [0.3, 0.4) is 0 Å². The number of alkyl halides is 3. The van der Waals surface area contributed by atoms with Gasteiger partial charge in [-0.1, -0.05) is 23.7 Å². The number of piperazine rings is 1. The molecule has 2 aromatic heterocycles. The highest BCUT2D eigenvalue weighted by Crippen LogP contribution is 2.35. The highest BCUT2D eigenvalue weighted by Gasteiger charge is 2.35. The number of anilines is 3. The van der Waals surface area contributed by atoms with Gasteiger partial charge in [0.15, 0.2) is 0 Å². The fraction of sp³-hybridized carbons (Fsp3) is 0.370. The lowest BCUT2D eigenvalue weighted by Crippen LogP contribution is -2.53. The molecule has 1 amide bonds. The predicted octanol–water partition coefficient (Wildman–Crippen LogP) is 4.44. The summed E-state index contributed by atoms with van der Waals surface area (Å²) in [4.78, 5) is 24.4. The minimum absolute atomic E-state index is 0.0510. The SMILES string of the molecule is CC1CN(c2ncccc2Cl)CCN1c1nc(C(F)(F)F)ccc1CCC(C(N)=O)c1ccc(N(C)S(=O)[O-])c(F)c1. The molecule has 1 aromatic carbocycles. The lowest BCUT2D eigenvalue weighted by atomic mass is 9.91. The van der Waals surface area contributed by atoms with Crippen LogP contribution in [-0.2, 0) is 28.7 Å². The van der Waals surface area contributed by atoms with E-state index < -0.39 is 40.8 Å². The van der Waals surface area contributed by atoms with Crippen molar-refractivity contribution in [2.24, 2.45) is 5.73 Å². The van der Waals surface area contributed by atoms with E-state index in [0.717, 1.165) is 19.2 Å². The Hall–Kier alpha value is -3.49. The van der Waals surface area contributed by atoms with Gasteiger partial charge in [0.25, 0.3) is 0 Å². The Bertz CT molecular complexity index is 1480. The van der Waals surface area contributed by atoms with Gasteiger partial charge in [-0.2, -0.15) is 13.2 Å². The van der Waals surface area contributed by atoms with Gasteiger partial charge in [-0.3, -0.25) is 9.00 Å². The first-order valence-electron chi connectivity index (χ1n) is 12.9. The zero-order valence-corrected chi connectivity index (χ0v) is 24.2. The molecule has 0 radical (unpaired) electrons. The van der Waals surface area contributed by atoms with Crippen LogP contribution in [-0.4, -0.2) is 57.4 Å². The van der Waals surface area contributed by atoms with Crippen molar-refractivity contribution in [2.45, 2.75) is 37.9 Å². The van der Waals surface area contributed by atoms with Crippen LogP contribution in [0.1, 0.15) is 36.1 Å². The molecule has 0 aliphatic carbocycles. The zero-order chi connectivity index (χ0) is 30.8. The molecule has 0 spiro atoms. The number of hydrogen-bond acceptors (Lipinski definition) is 7. The zero-order valence-electron chi connectivity index (χ0n) is 22.6. The second kappa shape index (κ2) is 12.8. The molecule has 9 nitrogen and oxygen atoms in total. The van der Waals surface area contributed by atoms with Crippen LogP contribution in [0.2, 0.25) is 5.02 Å². The molecule has 4 rings (SSSR count). The fourth-order valence-electron chi connectivity index (χ4n) is 5.00. The van der Waals surface area contributed by atoms with E-state index in [4.69, 9.17) is 17.3 Å². The number of carbonyl (C=O) groups is 1. The Labute approximate surface area is 247 Å². The first-order valence-corrected chi connectivity index (χ1v) is 14.3. The number of amides is 1. The van der Waals surface area contributed by atoms with E-state index in [2.05, 4.69) is 9.97 Å². The van der Waals surface area contributed by atoms with Crippen LogP contribution >= 0.6 is 11.6 Å². The van der Waals surface area contributed by atoms with Gasteiger partial charge in [0.2, 0.25) is 5.91 Å². The van der Waals surface area contributed by atoms with Crippen molar-refractivity contribution >= 4 is 46.1 Å². The van der Waals surface area contributed by atoms with Crippen molar-refractivity contribution in [1.29, 1.82) is 0 Å². The van der Waals surface area contributed by atoms with E-state index in [9.17, 15) is 31.1 Å². The van der Waals surface area contributed by atoms with Crippen molar-refractivity contribution < 1.29 is 31.1 Å². The summed E-state index contributed by atoms with van der Waals surface area (Å²) in [5.74, 6) is -1.92. The number of halogens is 5. The van der Waals surface area contributed by atoms with Crippen LogP contribution in [0.5, 0.6) is 0 Å². The molecule has 3 atom stereocenters. The van der Waals surface area contributed by atoms with Crippen LogP contribution in [0.15, 0.2) is 48.7 Å². The van der Waals surface area contributed by atoms with Crippen LogP contribution in [0, 0.1) is 5.82 Å². The van der Waals surface area contributed by atoms with Gasteiger partial charge in [-0.05, 0) is 61.2 Å². The summed E-state index contributed by atoms with van der Waals surface area (Å²) in [5, 5.41) is 0.464. The molecule has 1 aliphatic rings. The summed E-state index contributed by atoms with van der Waals surface area (Å²) in [7, 11) is 1.16. The molecule has 42 heavy (non-hydrogen) atoms. The number of pyridine rings is 2. The van der Waals surface area contributed by atoms with E-state index in [-0.39, 0.29) is 36.0 Å². The third kappa shape index (κ3) is 6.93. The molecule has 3 heterocycles. The molecule has 0 bridgehead atoms. The average molecular weight is 628 g/mol. The largest absolute Gasteiger partial charge is 0.755 e. The molecule has 15 heteroatoms. The van der Waals surface area contributed by atoms with Gasteiger partial charge in [-0.25, -0.2) is 14.4 Å². The van der Waals surface area contributed by atoms with E-state index in [1.165, 1.54) is 18.2 Å². The van der Waals surface area contributed by atoms with Gasteiger partial charge in [-0.15, -0.1) is 0 Å². The highest BCUT2D eigenvalue weighted by molar-refractivity contribution is 7.80. The second-order valence-corrected chi connectivity index (χ2v) is 11.3. The maximum absolute atomic E-state index is 14.7. The molecule has 1 aliphatic heterocycles. The molecular weight excluding hydrogens is 600 g/mol. The van der Waals surface area contributed by atoms with Gasteiger partial charge >= 0.3 is 6.18 Å². The van der Waals surface area contributed by atoms with E-state index in [0.29, 0.717) is 40.3 Å². The summed E-state index contributed by atoms with van der Waals surface area (Å²) in [5.41, 5.74) is 5.04. The summed E-state index contributed by atoms with van der Waals surface area (Å²) >= 11 is 3.59. The smallest absolute Gasteiger partial charge is 0.433 e. The summed E-state index contributed by atoms with van der Waals surface area (Å²) < 4.78 is 78.8. The number of aromatic nitrogens is 2. The lowest BCUT2D eigenvalue weighted by Gasteiger charge is -2.42. The third-order valence-electron chi connectivity index (χ3n) is 7.17. The Morgan fingerprint density at radius 2 is 1.98 bits per heavy atom. The number of aryl methyl sites for hydroxylation is 1. The van der Waals surface area contributed by atoms with Crippen molar-refractivity contribution in [3.8, 4) is 0 Å². The second-order valence-electron chi connectivity index (χ2n) is 9.89. The van der Waals surface area contributed by atoms with E-state index in [1.54, 1.807) is 23.2 Å². The van der Waals surface area contributed by atoms with Gasteiger partial charge in [0, 0.05) is 50.2 Å². The van der Waals surface area contributed by atoms with Gasteiger partial charge < -0.3 is 24.4 Å². The Kier molecular flexibility index (Phi) is 9.58. The molecule has 3 aromatic rings. The van der Waals surface area contributed by atoms with Crippen LogP contribution in [0.4, 0.5) is 34.9 Å². The Morgan fingerprint density at radius 1 is 1.24 bits per heavy atom. The first-order chi connectivity index (χ1) is 19.8. The molecule has 226 valence electrons. The number of rotatable bonds is 9. The summed E-state index contributed by atoms with van der Waals surface area (Å²) in [6, 6.07) is 9.02. The van der Waals surface area contributed by atoms with Crippen molar-refractivity contribution in [2.75, 3.05) is 40.8 Å². The summed E-state index contributed by atoms with van der Waals surface area (Å²) in [6.07, 6.45) is -2.89. The average Bonchev–Trinajstić information content (AvgIpc) is 2.92. The minimum Gasteiger partial charge on any atom is -0.755 e. The molecule has 3 unspecified atom stereocenters. The Balaban J connectivity index is 1.60. The number of benzene rings is 1. The number of nitrogens with two attached hydrogens (primary N) is 1. The maximum atomic E-state index is 14.7. The standard InChI is InChI=1S/C27H29ClF4N6O3S/c1-16-15-37(26-20(28)4-3-11-34-26)12-13-38(16)25-17(7-10-23(35-25)27(30,31)32)5-8-19(24(33)39)18-6-9-22(21(29)14-18)36(2)42(40)41/h3-4,6-7,9-11,14,16,19H,5,8,12-13,15H2,1-2H3,(H2,33,39)(H,40,41)/p-1. The Morgan fingerprint density at radius 3 is 2.57 bits per heavy atom. The minimum atomic E-state index is -4.67. The molecule has 0 saturated carbocycles.